The van der Waals surface area contributed by atoms with Gasteiger partial charge in [0.15, 0.2) is 5.11 Å². The largest absolute Gasteiger partial charge is 0.464 e. The molecule has 3 rings (SSSR count). The minimum atomic E-state index is -1.06. The molecule has 29 heavy (non-hydrogen) atoms. The number of allylic oxidation sites excluding steroid dienone is 1. The number of nitrogens with zero attached hydrogens (tertiary/aromatic N) is 4. The molecule has 0 bridgehead atoms. The number of amides is 1. The SMILES string of the molecule is CSc1ncccc1C1C=C(C)N(C(=O)O)C(=S)N1CCCCc1ccncc1. The molecule has 1 aliphatic heterocycles. The summed E-state index contributed by atoms with van der Waals surface area (Å²) >= 11 is 7.18. The van der Waals surface area contributed by atoms with Crippen molar-refractivity contribution in [3.05, 3.63) is 65.8 Å². The maximum Gasteiger partial charge on any atom is 0.418 e. The highest BCUT2D eigenvalue weighted by atomic mass is 32.2. The number of hydrogen-bond donors (Lipinski definition) is 1. The van der Waals surface area contributed by atoms with E-state index in [4.69, 9.17) is 12.2 Å². The van der Waals surface area contributed by atoms with Gasteiger partial charge in [-0.15, -0.1) is 11.8 Å². The maximum absolute atomic E-state index is 11.8. The van der Waals surface area contributed by atoms with Crippen molar-refractivity contribution < 1.29 is 9.90 Å². The Morgan fingerprint density at radius 1 is 1.24 bits per heavy atom. The van der Waals surface area contributed by atoms with E-state index in [1.165, 1.54) is 10.5 Å². The molecular weight excluding hydrogens is 404 g/mol. The van der Waals surface area contributed by atoms with Crippen LogP contribution in [0.15, 0.2) is 59.7 Å². The van der Waals surface area contributed by atoms with Crippen LogP contribution in [0, 0.1) is 0 Å². The first kappa shape index (κ1) is 21.3. The normalized spacial score (nSPS) is 16.7. The molecule has 8 heteroatoms. The summed E-state index contributed by atoms with van der Waals surface area (Å²) in [5.74, 6) is 0. The van der Waals surface area contributed by atoms with Crippen LogP contribution in [0.1, 0.15) is 36.9 Å². The van der Waals surface area contributed by atoms with Crippen molar-refractivity contribution in [2.24, 2.45) is 0 Å². The van der Waals surface area contributed by atoms with Gasteiger partial charge in [-0.25, -0.2) is 14.7 Å². The second kappa shape index (κ2) is 9.84. The number of pyridine rings is 2. The molecule has 2 aromatic heterocycles. The second-order valence-electron chi connectivity index (χ2n) is 6.76. The van der Waals surface area contributed by atoms with E-state index in [0.717, 1.165) is 29.9 Å². The topological polar surface area (TPSA) is 69.6 Å². The minimum Gasteiger partial charge on any atom is -0.464 e. The third-order valence-corrected chi connectivity index (χ3v) is 6.04. The van der Waals surface area contributed by atoms with Crippen LogP contribution in [0.3, 0.4) is 0 Å². The van der Waals surface area contributed by atoms with Crippen LogP contribution in [0.5, 0.6) is 0 Å². The monoisotopic (exact) mass is 428 g/mol. The molecule has 0 fully saturated rings. The van der Waals surface area contributed by atoms with Crippen molar-refractivity contribution in [1.29, 1.82) is 0 Å². The molecule has 0 saturated carbocycles. The number of carboxylic acid groups (broad SMARTS) is 1. The number of unbranched alkanes of at least 4 members (excludes halogenated alkanes) is 1. The number of aryl methyl sites for hydroxylation is 1. The molecule has 0 aliphatic carbocycles. The van der Waals surface area contributed by atoms with Gasteiger partial charge in [0.2, 0.25) is 0 Å². The first-order valence-corrected chi connectivity index (χ1v) is 11.1. The molecule has 1 N–H and O–H groups in total. The Labute approximate surface area is 180 Å². The van der Waals surface area contributed by atoms with E-state index in [9.17, 15) is 9.90 Å². The Kier molecular flexibility index (Phi) is 7.22. The van der Waals surface area contributed by atoms with Gasteiger partial charge in [0, 0.05) is 36.4 Å². The van der Waals surface area contributed by atoms with Crippen molar-refractivity contribution in [3.63, 3.8) is 0 Å². The van der Waals surface area contributed by atoms with Crippen molar-refractivity contribution >= 4 is 35.2 Å². The summed E-state index contributed by atoms with van der Waals surface area (Å²) in [4.78, 5) is 23.5. The number of rotatable bonds is 7. The van der Waals surface area contributed by atoms with Gasteiger partial charge in [-0.2, -0.15) is 0 Å². The molecule has 6 nitrogen and oxygen atoms in total. The fraction of sp³-hybridized carbons (Fsp3) is 0.333. The van der Waals surface area contributed by atoms with Gasteiger partial charge in [-0.3, -0.25) is 4.98 Å². The van der Waals surface area contributed by atoms with E-state index < -0.39 is 6.09 Å². The van der Waals surface area contributed by atoms with E-state index in [2.05, 4.69) is 9.97 Å². The van der Waals surface area contributed by atoms with Crippen molar-refractivity contribution in [3.8, 4) is 0 Å². The smallest absolute Gasteiger partial charge is 0.418 e. The molecule has 1 atom stereocenters. The highest BCUT2D eigenvalue weighted by Crippen LogP contribution is 2.35. The Morgan fingerprint density at radius 2 is 2.00 bits per heavy atom. The Bertz CT molecular complexity index is 905. The Balaban J connectivity index is 1.81. The van der Waals surface area contributed by atoms with Gasteiger partial charge >= 0.3 is 6.09 Å². The number of hydrogen-bond acceptors (Lipinski definition) is 5. The van der Waals surface area contributed by atoms with E-state index >= 15 is 0 Å². The van der Waals surface area contributed by atoms with Gasteiger partial charge in [-0.1, -0.05) is 6.07 Å². The lowest BCUT2D eigenvalue weighted by atomic mass is 10.0. The van der Waals surface area contributed by atoms with Gasteiger partial charge < -0.3 is 10.0 Å². The lowest BCUT2D eigenvalue weighted by molar-refractivity contribution is 0.168. The Morgan fingerprint density at radius 3 is 2.69 bits per heavy atom. The van der Waals surface area contributed by atoms with Gasteiger partial charge in [0.05, 0.1) is 6.04 Å². The van der Waals surface area contributed by atoms with Crippen molar-refractivity contribution in [1.82, 2.24) is 19.8 Å². The van der Waals surface area contributed by atoms with E-state index in [1.54, 1.807) is 37.3 Å². The predicted molar refractivity (Wildman–Crippen MR) is 119 cm³/mol. The number of carbonyl (C=O) groups is 1. The summed E-state index contributed by atoms with van der Waals surface area (Å²) in [6, 6.07) is 7.86. The fourth-order valence-electron chi connectivity index (χ4n) is 3.48. The van der Waals surface area contributed by atoms with Crippen LogP contribution in [0.4, 0.5) is 4.79 Å². The quantitative estimate of drug-likeness (QED) is 0.388. The third-order valence-electron chi connectivity index (χ3n) is 4.89. The summed E-state index contributed by atoms with van der Waals surface area (Å²) in [7, 11) is 0. The highest BCUT2D eigenvalue weighted by molar-refractivity contribution is 7.98. The van der Waals surface area contributed by atoms with Crippen molar-refractivity contribution in [2.75, 3.05) is 12.8 Å². The van der Waals surface area contributed by atoms with E-state index in [1.807, 2.05) is 41.5 Å². The first-order valence-electron chi connectivity index (χ1n) is 9.42. The summed E-state index contributed by atoms with van der Waals surface area (Å²) in [5.41, 5.74) is 2.91. The second-order valence-corrected chi connectivity index (χ2v) is 7.92. The molecule has 1 aliphatic rings. The third kappa shape index (κ3) is 4.94. The summed E-state index contributed by atoms with van der Waals surface area (Å²) < 4.78 is 0. The van der Waals surface area contributed by atoms with E-state index in [-0.39, 0.29) is 6.04 Å². The maximum atomic E-state index is 11.8. The highest BCUT2D eigenvalue weighted by Gasteiger charge is 2.34. The lowest BCUT2D eigenvalue weighted by Crippen LogP contribution is -2.49. The van der Waals surface area contributed by atoms with E-state index in [0.29, 0.717) is 17.4 Å². The molecule has 1 amide bonds. The molecule has 1 unspecified atom stereocenters. The number of thiocarbonyl (C=S) groups is 1. The zero-order chi connectivity index (χ0) is 20.8. The average molecular weight is 429 g/mol. The standard InChI is InChI=1S/C21H24N4O2S2/c1-15-14-18(17-7-5-10-23-19(17)29-2)24(20(28)25(15)21(26)27)13-4-3-6-16-8-11-22-12-9-16/h5,7-12,14,18H,3-4,6,13H2,1-2H3,(H,26,27). The molecule has 3 heterocycles. The predicted octanol–water partition coefficient (Wildman–Crippen LogP) is 4.75. The first-order chi connectivity index (χ1) is 14.0. The molecular formula is C21H24N4O2S2. The van der Waals surface area contributed by atoms with Crippen LogP contribution >= 0.6 is 24.0 Å². The summed E-state index contributed by atoms with van der Waals surface area (Å²) in [5, 5.41) is 10.9. The average Bonchev–Trinajstić information content (AvgIpc) is 2.72. The van der Waals surface area contributed by atoms with Gasteiger partial charge in [0.1, 0.15) is 5.03 Å². The van der Waals surface area contributed by atoms with Gasteiger partial charge in [0.25, 0.3) is 0 Å². The molecule has 0 radical (unpaired) electrons. The van der Waals surface area contributed by atoms with Crippen molar-refractivity contribution in [2.45, 2.75) is 37.3 Å². The Hall–Kier alpha value is -2.45. The molecule has 0 spiro atoms. The lowest BCUT2D eigenvalue weighted by Gasteiger charge is -2.41. The number of aromatic nitrogens is 2. The number of thioether (sulfide) groups is 1. The van der Waals surface area contributed by atoms with Crippen LogP contribution < -0.4 is 0 Å². The van der Waals surface area contributed by atoms with Crippen LogP contribution in [-0.4, -0.2) is 48.9 Å². The zero-order valence-corrected chi connectivity index (χ0v) is 18.1. The van der Waals surface area contributed by atoms with Gasteiger partial charge in [-0.05, 0) is 74.5 Å². The zero-order valence-electron chi connectivity index (χ0n) is 16.5. The summed E-state index contributed by atoms with van der Waals surface area (Å²) in [6.45, 7) is 2.45. The summed E-state index contributed by atoms with van der Waals surface area (Å²) in [6.07, 6.45) is 11.1. The molecule has 0 aromatic carbocycles. The molecule has 152 valence electrons. The molecule has 0 saturated heterocycles. The van der Waals surface area contributed by atoms with Crippen LogP contribution in [-0.2, 0) is 6.42 Å². The van der Waals surface area contributed by atoms with Crippen LogP contribution in [0.25, 0.3) is 0 Å². The fourth-order valence-corrected chi connectivity index (χ4v) is 4.49. The minimum absolute atomic E-state index is 0.129. The molecule has 2 aromatic rings. The van der Waals surface area contributed by atoms with Crippen LogP contribution in [0.2, 0.25) is 0 Å².